The Labute approximate surface area is 104 Å². The molecular formula is C13H15FN2O2. The summed E-state index contributed by atoms with van der Waals surface area (Å²) in [7, 11) is 0. The number of aryl methyl sites for hydroxylation is 1. The third-order valence-corrected chi connectivity index (χ3v) is 2.86. The summed E-state index contributed by atoms with van der Waals surface area (Å²) in [4.78, 5) is 4.18. The number of rotatable bonds is 3. The van der Waals surface area contributed by atoms with E-state index >= 15 is 0 Å². The Morgan fingerprint density at radius 3 is 2.61 bits per heavy atom. The highest BCUT2D eigenvalue weighted by molar-refractivity contribution is 5.55. The molecule has 0 fully saturated rings. The fourth-order valence-corrected chi connectivity index (χ4v) is 1.61. The average Bonchev–Trinajstić information content (AvgIpc) is 2.75. The van der Waals surface area contributed by atoms with Gasteiger partial charge in [-0.05, 0) is 37.6 Å². The molecule has 0 aliphatic heterocycles. The number of nitrogens with zero attached hydrogens (tertiary/aromatic N) is 2. The zero-order valence-electron chi connectivity index (χ0n) is 10.5. The summed E-state index contributed by atoms with van der Waals surface area (Å²) in [6, 6.07) is 4.57. The molecule has 0 aliphatic rings. The lowest BCUT2D eigenvalue weighted by Crippen LogP contribution is -2.11. The van der Waals surface area contributed by atoms with Crippen LogP contribution in [0.2, 0.25) is 0 Å². The molecule has 0 aliphatic carbocycles. The van der Waals surface area contributed by atoms with Crippen LogP contribution in [0.3, 0.4) is 0 Å². The smallest absolute Gasteiger partial charge is 0.232 e. The van der Waals surface area contributed by atoms with E-state index in [0.717, 1.165) is 5.56 Å². The maximum Gasteiger partial charge on any atom is 0.232 e. The third kappa shape index (κ3) is 2.56. The SMILES string of the molecule is Cc1cc(F)cc(-c2noc(C(C)C(C)O)n2)c1. The van der Waals surface area contributed by atoms with Crippen LogP contribution in [0, 0.1) is 12.7 Å². The number of benzene rings is 1. The van der Waals surface area contributed by atoms with E-state index in [1.807, 2.05) is 0 Å². The second-order valence-corrected chi connectivity index (χ2v) is 4.50. The Bertz CT molecular complexity index is 531. The zero-order chi connectivity index (χ0) is 13.3. The molecule has 2 aromatic rings. The van der Waals surface area contributed by atoms with Crippen LogP contribution in [-0.2, 0) is 0 Å². The molecule has 2 rings (SSSR count). The van der Waals surface area contributed by atoms with E-state index in [4.69, 9.17) is 4.52 Å². The van der Waals surface area contributed by atoms with Crippen molar-refractivity contribution in [3.63, 3.8) is 0 Å². The number of halogens is 1. The van der Waals surface area contributed by atoms with Crippen LogP contribution in [0.15, 0.2) is 22.7 Å². The predicted octanol–water partition coefficient (Wildman–Crippen LogP) is 2.67. The summed E-state index contributed by atoms with van der Waals surface area (Å²) < 4.78 is 18.4. The Morgan fingerprint density at radius 2 is 2.00 bits per heavy atom. The Balaban J connectivity index is 2.35. The highest BCUT2D eigenvalue weighted by atomic mass is 19.1. The van der Waals surface area contributed by atoms with Gasteiger partial charge in [-0.25, -0.2) is 4.39 Å². The molecule has 0 saturated heterocycles. The average molecular weight is 250 g/mol. The van der Waals surface area contributed by atoms with Gasteiger partial charge >= 0.3 is 0 Å². The lowest BCUT2D eigenvalue weighted by molar-refractivity contribution is 0.151. The minimum absolute atomic E-state index is 0.249. The molecule has 5 heteroatoms. The van der Waals surface area contributed by atoms with Crippen molar-refractivity contribution in [1.82, 2.24) is 10.1 Å². The first-order valence-corrected chi connectivity index (χ1v) is 5.76. The molecule has 0 radical (unpaired) electrons. The van der Waals surface area contributed by atoms with Gasteiger partial charge < -0.3 is 9.63 Å². The molecule has 0 spiro atoms. The summed E-state index contributed by atoms with van der Waals surface area (Å²) in [5.41, 5.74) is 1.36. The lowest BCUT2D eigenvalue weighted by atomic mass is 10.1. The van der Waals surface area contributed by atoms with E-state index in [1.165, 1.54) is 12.1 Å². The van der Waals surface area contributed by atoms with E-state index in [-0.39, 0.29) is 11.7 Å². The van der Waals surface area contributed by atoms with Crippen LogP contribution in [0.4, 0.5) is 4.39 Å². The molecule has 1 aromatic carbocycles. The molecule has 96 valence electrons. The van der Waals surface area contributed by atoms with Crippen molar-refractivity contribution in [1.29, 1.82) is 0 Å². The Morgan fingerprint density at radius 1 is 1.28 bits per heavy atom. The lowest BCUT2D eigenvalue weighted by Gasteiger charge is -2.08. The van der Waals surface area contributed by atoms with E-state index in [2.05, 4.69) is 10.1 Å². The highest BCUT2D eigenvalue weighted by Gasteiger charge is 2.19. The maximum atomic E-state index is 13.3. The molecular weight excluding hydrogens is 235 g/mol. The van der Waals surface area contributed by atoms with Gasteiger partial charge in [-0.3, -0.25) is 0 Å². The van der Waals surface area contributed by atoms with Crippen molar-refractivity contribution in [2.75, 3.05) is 0 Å². The monoisotopic (exact) mass is 250 g/mol. The number of aromatic nitrogens is 2. The molecule has 4 nitrogen and oxygen atoms in total. The number of aliphatic hydroxyl groups is 1. The van der Waals surface area contributed by atoms with Crippen molar-refractivity contribution < 1.29 is 14.0 Å². The van der Waals surface area contributed by atoms with Gasteiger partial charge in [-0.1, -0.05) is 12.1 Å². The highest BCUT2D eigenvalue weighted by Crippen LogP contribution is 2.23. The van der Waals surface area contributed by atoms with Crippen molar-refractivity contribution in [3.8, 4) is 11.4 Å². The Hall–Kier alpha value is -1.75. The first-order valence-electron chi connectivity index (χ1n) is 5.76. The minimum atomic E-state index is -0.576. The molecule has 2 unspecified atom stereocenters. The van der Waals surface area contributed by atoms with Gasteiger partial charge in [0.15, 0.2) is 0 Å². The topological polar surface area (TPSA) is 59.2 Å². The standard InChI is InChI=1S/C13H15FN2O2/c1-7-4-10(6-11(14)5-7)12-15-13(18-16-12)8(2)9(3)17/h4-6,8-9,17H,1-3H3. The largest absolute Gasteiger partial charge is 0.393 e. The second-order valence-electron chi connectivity index (χ2n) is 4.50. The van der Waals surface area contributed by atoms with Crippen molar-refractivity contribution in [2.45, 2.75) is 32.8 Å². The fraction of sp³-hybridized carbons (Fsp3) is 0.385. The van der Waals surface area contributed by atoms with E-state index < -0.39 is 6.10 Å². The number of aliphatic hydroxyl groups excluding tert-OH is 1. The summed E-state index contributed by atoms with van der Waals surface area (Å²) in [5, 5.41) is 13.3. The summed E-state index contributed by atoms with van der Waals surface area (Å²) in [5.74, 6) is 0.0999. The van der Waals surface area contributed by atoms with Gasteiger partial charge in [-0.2, -0.15) is 4.98 Å². The van der Waals surface area contributed by atoms with Gasteiger partial charge in [0.05, 0.1) is 12.0 Å². The van der Waals surface area contributed by atoms with E-state index in [0.29, 0.717) is 17.3 Å². The first-order chi connectivity index (χ1) is 8.47. The van der Waals surface area contributed by atoms with Crippen molar-refractivity contribution in [3.05, 3.63) is 35.5 Å². The molecule has 1 aromatic heterocycles. The summed E-state index contributed by atoms with van der Waals surface area (Å²) in [6.45, 7) is 5.24. The van der Waals surface area contributed by atoms with Crippen LogP contribution >= 0.6 is 0 Å². The molecule has 0 bridgehead atoms. The predicted molar refractivity (Wildman–Crippen MR) is 64.5 cm³/mol. The van der Waals surface area contributed by atoms with Crippen LogP contribution in [0.25, 0.3) is 11.4 Å². The van der Waals surface area contributed by atoms with Gasteiger partial charge in [0, 0.05) is 5.56 Å². The fourth-order valence-electron chi connectivity index (χ4n) is 1.61. The quantitative estimate of drug-likeness (QED) is 0.909. The molecule has 2 atom stereocenters. The number of hydrogen-bond acceptors (Lipinski definition) is 4. The molecule has 1 N–H and O–H groups in total. The van der Waals surface area contributed by atoms with Crippen LogP contribution in [0.1, 0.15) is 31.2 Å². The minimum Gasteiger partial charge on any atom is -0.393 e. The summed E-state index contributed by atoms with van der Waals surface area (Å²) in [6.07, 6.45) is -0.576. The van der Waals surface area contributed by atoms with Crippen molar-refractivity contribution in [2.24, 2.45) is 0 Å². The van der Waals surface area contributed by atoms with Crippen molar-refractivity contribution >= 4 is 0 Å². The van der Waals surface area contributed by atoms with Gasteiger partial charge in [0.2, 0.25) is 11.7 Å². The second kappa shape index (κ2) is 4.86. The van der Waals surface area contributed by atoms with E-state index in [1.54, 1.807) is 26.8 Å². The van der Waals surface area contributed by atoms with Crippen LogP contribution in [0.5, 0.6) is 0 Å². The van der Waals surface area contributed by atoms with E-state index in [9.17, 15) is 9.50 Å². The summed E-state index contributed by atoms with van der Waals surface area (Å²) >= 11 is 0. The zero-order valence-corrected chi connectivity index (χ0v) is 10.5. The molecule has 1 heterocycles. The normalized spacial score (nSPS) is 14.5. The Kier molecular flexibility index (Phi) is 3.43. The molecule has 18 heavy (non-hydrogen) atoms. The van der Waals surface area contributed by atoms with Crippen LogP contribution < -0.4 is 0 Å². The van der Waals surface area contributed by atoms with Gasteiger partial charge in [0.25, 0.3) is 0 Å². The third-order valence-electron chi connectivity index (χ3n) is 2.86. The number of hydrogen-bond donors (Lipinski definition) is 1. The van der Waals surface area contributed by atoms with Gasteiger partial charge in [0.1, 0.15) is 5.82 Å². The first kappa shape index (κ1) is 12.7. The van der Waals surface area contributed by atoms with Gasteiger partial charge in [-0.15, -0.1) is 0 Å². The van der Waals surface area contributed by atoms with Crippen LogP contribution in [-0.4, -0.2) is 21.4 Å². The molecule has 0 amide bonds. The molecule has 0 saturated carbocycles. The maximum absolute atomic E-state index is 13.3.